The number of nitriles is 1. The molecule has 0 atom stereocenters. The summed E-state index contributed by atoms with van der Waals surface area (Å²) < 4.78 is 4.44. The van der Waals surface area contributed by atoms with Gasteiger partial charge >= 0.3 is 0 Å². The smallest absolute Gasteiger partial charge is 0.211 e. The molecule has 9 aromatic rings. The fourth-order valence-electron chi connectivity index (χ4n) is 7.29. The van der Waals surface area contributed by atoms with E-state index in [1.807, 2.05) is 36.4 Å². The van der Waals surface area contributed by atoms with Gasteiger partial charge in [0.15, 0.2) is 0 Å². The molecule has 0 aliphatic carbocycles. The summed E-state index contributed by atoms with van der Waals surface area (Å²) in [5.41, 5.74) is 11.2. The molecular formula is C44H26N4. The zero-order valence-electron chi connectivity index (χ0n) is 25.8. The van der Waals surface area contributed by atoms with Crippen LogP contribution < -0.4 is 0 Å². The fraction of sp³-hybridized carbons (Fsp3) is 0. The Morgan fingerprint density at radius 2 is 0.979 bits per heavy atom. The fourth-order valence-corrected chi connectivity index (χ4v) is 7.29. The molecule has 7 aromatic carbocycles. The second-order valence-corrected chi connectivity index (χ2v) is 11.9. The van der Waals surface area contributed by atoms with E-state index in [1.165, 1.54) is 0 Å². The number of hydrogen-bond acceptors (Lipinski definition) is 1. The van der Waals surface area contributed by atoms with Gasteiger partial charge in [0.25, 0.3) is 0 Å². The molecule has 222 valence electrons. The van der Waals surface area contributed by atoms with Crippen molar-refractivity contribution < 1.29 is 0 Å². The van der Waals surface area contributed by atoms with Gasteiger partial charge in [-0.2, -0.15) is 5.26 Å². The lowest BCUT2D eigenvalue weighted by molar-refractivity contribution is 1.17. The highest BCUT2D eigenvalue weighted by molar-refractivity contribution is 6.11. The molecule has 0 saturated carbocycles. The first-order valence-electron chi connectivity index (χ1n) is 15.9. The van der Waals surface area contributed by atoms with Crippen LogP contribution in [0.1, 0.15) is 5.56 Å². The maximum Gasteiger partial charge on any atom is 0.211 e. The Morgan fingerprint density at radius 3 is 1.54 bits per heavy atom. The van der Waals surface area contributed by atoms with Gasteiger partial charge in [0.2, 0.25) is 5.69 Å². The van der Waals surface area contributed by atoms with Crippen LogP contribution >= 0.6 is 0 Å². The average molecular weight is 611 g/mol. The van der Waals surface area contributed by atoms with Crippen LogP contribution in [0.5, 0.6) is 0 Å². The van der Waals surface area contributed by atoms with Crippen molar-refractivity contribution in [3.8, 4) is 39.7 Å². The SMILES string of the molecule is [C-]#[N+]c1cccc(-c2cccc(-c3ccc(C#N)c(-n4c5ccccc5c5ccccc54)c3)c2)c1-n1c2ccccc2c2ccccc21. The van der Waals surface area contributed by atoms with Crippen molar-refractivity contribution in [3.05, 3.63) is 175 Å². The van der Waals surface area contributed by atoms with E-state index >= 15 is 0 Å². The Hall–Kier alpha value is -6.88. The van der Waals surface area contributed by atoms with Crippen LogP contribution in [0.25, 0.3) is 82.1 Å². The van der Waals surface area contributed by atoms with Crippen LogP contribution in [0.15, 0.2) is 158 Å². The Labute approximate surface area is 277 Å². The summed E-state index contributed by atoms with van der Waals surface area (Å²) >= 11 is 0. The second-order valence-electron chi connectivity index (χ2n) is 11.9. The first-order chi connectivity index (χ1) is 23.7. The molecular weight excluding hydrogens is 585 g/mol. The molecule has 0 radical (unpaired) electrons. The van der Waals surface area contributed by atoms with E-state index in [9.17, 15) is 5.26 Å². The normalized spacial score (nSPS) is 11.3. The van der Waals surface area contributed by atoms with E-state index in [2.05, 4.69) is 141 Å². The Bertz CT molecular complexity index is 2710. The summed E-state index contributed by atoms with van der Waals surface area (Å²) in [5.74, 6) is 0. The quantitative estimate of drug-likeness (QED) is 0.183. The number of benzene rings is 7. The van der Waals surface area contributed by atoms with Crippen LogP contribution in [0.2, 0.25) is 0 Å². The zero-order chi connectivity index (χ0) is 32.2. The van der Waals surface area contributed by atoms with Crippen molar-refractivity contribution in [3.63, 3.8) is 0 Å². The van der Waals surface area contributed by atoms with Gasteiger partial charge in [-0.15, -0.1) is 0 Å². The second kappa shape index (κ2) is 10.9. The van der Waals surface area contributed by atoms with Gasteiger partial charge in [0, 0.05) is 21.5 Å². The molecule has 0 spiro atoms. The lowest BCUT2D eigenvalue weighted by atomic mass is 9.96. The molecule has 0 bridgehead atoms. The molecule has 0 aliphatic heterocycles. The van der Waals surface area contributed by atoms with Gasteiger partial charge in [-0.1, -0.05) is 115 Å². The van der Waals surface area contributed by atoms with E-state index in [-0.39, 0.29) is 0 Å². The van der Waals surface area contributed by atoms with Gasteiger partial charge in [-0.3, -0.25) is 0 Å². The third kappa shape index (κ3) is 4.07. The van der Waals surface area contributed by atoms with Crippen LogP contribution in [-0.4, -0.2) is 9.13 Å². The van der Waals surface area contributed by atoms with Gasteiger partial charge in [-0.05, 0) is 64.7 Å². The summed E-state index contributed by atoms with van der Waals surface area (Å²) in [7, 11) is 0. The highest BCUT2D eigenvalue weighted by atomic mass is 15.0. The minimum Gasteiger partial charge on any atom is -0.318 e. The van der Waals surface area contributed by atoms with Gasteiger partial charge in [0.1, 0.15) is 6.07 Å². The van der Waals surface area contributed by atoms with Gasteiger partial charge < -0.3 is 9.13 Å². The van der Waals surface area contributed by atoms with Gasteiger partial charge in [0.05, 0.1) is 45.6 Å². The van der Waals surface area contributed by atoms with Crippen molar-refractivity contribution in [1.29, 1.82) is 5.26 Å². The summed E-state index contributed by atoms with van der Waals surface area (Å²) in [6.45, 7) is 8.17. The molecule has 0 unspecified atom stereocenters. The number of hydrogen-bond donors (Lipinski definition) is 0. The Balaban J connectivity index is 1.26. The maximum absolute atomic E-state index is 10.2. The third-order valence-electron chi connectivity index (χ3n) is 9.38. The molecule has 0 aliphatic rings. The minimum atomic E-state index is 0.594. The molecule has 48 heavy (non-hydrogen) atoms. The predicted molar refractivity (Wildman–Crippen MR) is 197 cm³/mol. The van der Waals surface area contributed by atoms with E-state index < -0.39 is 0 Å². The average Bonchev–Trinajstić information content (AvgIpc) is 3.67. The molecule has 2 heterocycles. The van der Waals surface area contributed by atoms with E-state index in [0.717, 1.165) is 77.2 Å². The van der Waals surface area contributed by atoms with E-state index in [1.54, 1.807) is 0 Å². The van der Waals surface area contributed by atoms with Crippen molar-refractivity contribution in [1.82, 2.24) is 9.13 Å². The van der Waals surface area contributed by atoms with Crippen LogP contribution in [-0.2, 0) is 0 Å². The first-order valence-corrected chi connectivity index (χ1v) is 15.9. The molecule has 0 N–H and O–H groups in total. The van der Waals surface area contributed by atoms with Crippen LogP contribution in [0, 0.1) is 17.9 Å². The summed E-state index contributed by atoms with van der Waals surface area (Å²) in [4.78, 5) is 4.01. The highest BCUT2D eigenvalue weighted by Crippen LogP contribution is 2.42. The molecule has 0 fully saturated rings. The lowest BCUT2D eigenvalue weighted by Crippen LogP contribution is -1.99. The third-order valence-corrected chi connectivity index (χ3v) is 9.38. The van der Waals surface area contributed by atoms with Gasteiger partial charge in [-0.25, -0.2) is 4.85 Å². The topological polar surface area (TPSA) is 38.0 Å². The van der Waals surface area contributed by atoms with E-state index in [4.69, 9.17) is 6.57 Å². The lowest BCUT2D eigenvalue weighted by Gasteiger charge is -2.17. The Kier molecular flexibility index (Phi) is 6.22. The molecule has 9 rings (SSSR count). The first kappa shape index (κ1) is 27.4. The van der Waals surface area contributed by atoms with Crippen LogP contribution in [0.3, 0.4) is 0 Å². The molecule has 0 amide bonds. The summed E-state index contributed by atoms with van der Waals surface area (Å²) in [5, 5.41) is 14.9. The number of aromatic nitrogens is 2. The zero-order valence-corrected chi connectivity index (χ0v) is 25.8. The molecule has 0 saturated heterocycles. The van der Waals surface area contributed by atoms with Crippen molar-refractivity contribution in [2.45, 2.75) is 0 Å². The summed E-state index contributed by atoms with van der Waals surface area (Å²) in [6, 6.07) is 56.5. The monoisotopic (exact) mass is 610 g/mol. The summed E-state index contributed by atoms with van der Waals surface area (Å²) in [6.07, 6.45) is 0. The molecule has 2 aromatic heterocycles. The number of nitrogens with zero attached hydrogens (tertiary/aromatic N) is 4. The van der Waals surface area contributed by atoms with Crippen molar-refractivity contribution in [2.75, 3.05) is 0 Å². The van der Waals surface area contributed by atoms with Crippen LogP contribution in [0.4, 0.5) is 5.69 Å². The molecule has 4 heteroatoms. The largest absolute Gasteiger partial charge is 0.318 e. The number of fused-ring (bicyclic) bond motifs is 6. The Morgan fingerprint density at radius 1 is 0.479 bits per heavy atom. The number of rotatable bonds is 4. The van der Waals surface area contributed by atoms with Crippen molar-refractivity contribution >= 4 is 49.3 Å². The van der Waals surface area contributed by atoms with Crippen molar-refractivity contribution in [2.24, 2.45) is 0 Å². The molecule has 4 nitrogen and oxygen atoms in total. The number of para-hydroxylation sites is 5. The predicted octanol–water partition coefficient (Wildman–Crippen LogP) is 11.6. The highest BCUT2D eigenvalue weighted by Gasteiger charge is 2.20. The maximum atomic E-state index is 10.2. The van der Waals surface area contributed by atoms with E-state index in [0.29, 0.717) is 11.3 Å². The minimum absolute atomic E-state index is 0.594. The standard InChI is InChI=1S/C44H26N4/c1-46-38-19-11-18-33(44(38)48-41-22-8-4-16-36(41)37-17-5-9-23-42(37)48)31-13-10-12-29(26-31)30-24-25-32(28-45)43(27-30)47-39-20-6-2-14-34(39)35-15-3-7-21-40(35)47/h2-27H.